The molecule has 0 fully saturated rings. The van der Waals surface area contributed by atoms with Crippen molar-refractivity contribution in [3.8, 4) is 0 Å². The van der Waals surface area contributed by atoms with Gasteiger partial charge in [-0.25, -0.2) is 0 Å². The minimum absolute atomic E-state index is 0.225. The van der Waals surface area contributed by atoms with Crippen LogP contribution in [0.25, 0.3) is 0 Å². The average molecular weight is 322 g/mol. The van der Waals surface area contributed by atoms with E-state index >= 15 is 0 Å². The monoisotopic (exact) mass is 322 g/mol. The topological polar surface area (TPSA) is 54.4 Å². The van der Waals surface area contributed by atoms with Crippen LogP contribution in [0.3, 0.4) is 0 Å². The van der Waals surface area contributed by atoms with Crippen LogP contribution in [0, 0.1) is 11.8 Å². The number of carboxylic acid groups (broad SMARTS) is 1. The molecule has 132 valence electrons. The minimum atomic E-state index is -0.706. The SMILES string of the molecule is C=C(C)CCC(=O)/C(C)=C\CC[C@@H](C)CCC[C@H](C)CC(=O)O. The van der Waals surface area contributed by atoms with E-state index in [-0.39, 0.29) is 18.1 Å². The highest BCUT2D eigenvalue weighted by Gasteiger charge is 2.09. The van der Waals surface area contributed by atoms with Crippen molar-refractivity contribution in [3.63, 3.8) is 0 Å². The van der Waals surface area contributed by atoms with Crippen LogP contribution in [0.5, 0.6) is 0 Å². The molecular formula is C20H34O3. The summed E-state index contributed by atoms with van der Waals surface area (Å²) in [6, 6.07) is 0. The van der Waals surface area contributed by atoms with Crippen LogP contribution in [0.1, 0.15) is 79.1 Å². The van der Waals surface area contributed by atoms with Gasteiger partial charge >= 0.3 is 5.97 Å². The van der Waals surface area contributed by atoms with Gasteiger partial charge in [-0.15, -0.1) is 6.58 Å². The molecule has 0 radical (unpaired) electrons. The molecule has 0 aliphatic rings. The van der Waals surface area contributed by atoms with Crippen LogP contribution < -0.4 is 0 Å². The normalized spacial score (nSPS) is 14.3. The van der Waals surface area contributed by atoms with Gasteiger partial charge in [-0.2, -0.15) is 0 Å². The van der Waals surface area contributed by atoms with Gasteiger partial charge in [0.1, 0.15) is 0 Å². The van der Waals surface area contributed by atoms with E-state index in [0.717, 1.165) is 49.7 Å². The number of carbonyl (C=O) groups is 2. The first-order valence-corrected chi connectivity index (χ1v) is 8.78. The summed E-state index contributed by atoms with van der Waals surface area (Å²) in [5.41, 5.74) is 1.92. The lowest BCUT2D eigenvalue weighted by molar-refractivity contribution is -0.138. The molecule has 3 nitrogen and oxygen atoms in total. The molecule has 23 heavy (non-hydrogen) atoms. The quantitative estimate of drug-likeness (QED) is 0.357. The number of rotatable bonds is 13. The molecule has 0 bridgehead atoms. The third kappa shape index (κ3) is 12.8. The fraction of sp³-hybridized carbons (Fsp3) is 0.700. The second-order valence-corrected chi connectivity index (χ2v) is 7.08. The molecule has 0 saturated carbocycles. The first-order chi connectivity index (χ1) is 10.7. The van der Waals surface area contributed by atoms with E-state index in [9.17, 15) is 9.59 Å². The summed E-state index contributed by atoms with van der Waals surface area (Å²) in [6.07, 6.45) is 8.87. The molecule has 0 amide bonds. The summed E-state index contributed by atoms with van der Waals surface area (Å²) in [5.74, 6) is 0.389. The van der Waals surface area contributed by atoms with Crippen LogP contribution in [0.2, 0.25) is 0 Å². The molecule has 0 aromatic carbocycles. The van der Waals surface area contributed by atoms with Crippen LogP contribution in [0.4, 0.5) is 0 Å². The van der Waals surface area contributed by atoms with E-state index in [0.29, 0.717) is 12.3 Å². The first kappa shape index (κ1) is 21.6. The highest BCUT2D eigenvalue weighted by molar-refractivity contribution is 5.94. The second kappa shape index (κ2) is 12.1. The van der Waals surface area contributed by atoms with Gasteiger partial charge in [0, 0.05) is 12.8 Å². The number of aliphatic carboxylic acids is 1. The number of ketones is 1. The van der Waals surface area contributed by atoms with Gasteiger partial charge in [-0.3, -0.25) is 9.59 Å². The number of Topliss-reactive ketones (excluding diaryl/α,β-unsaturated/α-hetero) is 1. The number of carboxylic acids is 1. The first-order valence-electron chi connectivity index (χ1n) is 8.78. The van der Waals surface area contributed by atoms with Gasteiger partial charge in [0.2, 0.25) is 0 Å². The fourth-order valence-corrected chi connectivity index (χ4v) is 2.58. The molecule has 0 rings (SSSR count). The maximum atomic E-state index is 11.9. The molecule has 0 saturated heterocycles. The molecule has 0 spiro atoms. The van der Waals surface area contributed by atoms with Crippen molar-refractivity contribution in [2.24, 2.45) is 11.8 Å². The molecule has 0 aromatic rings. The predicted octanol–water partition coefficient (Wildman–Crippen LogP) is 5.56. The van der Waals surface area contributed by atoms with Crippen molar-refractivity contribution in [3.05, 3.63) is 23.8 Å². The molecule has 2 atom stereocenters. The van der Waals surface area contributed by atoms with E-state index in [1.807, 2.05) is 20.8 Å². The van der Waals surface area contributed by atoms with Crippen molar-refractivity contribution in [2.75, 3.05) is 0 Å². The summed E-state index contributed by atoms with van der Waals surface area (Å²) in [5, 5.41) is 8.74. The minimum Gasteiger partial charge on any atom is -0.481 e. The highest BCUT2D eigenvalue weighted by atomic mass is 16.4. The van der Waals surface area contributed by atoms with Gasteiger partial charge in [-0.1, -0.05) is 44.8 Å². The Hall–Kier alpha value is -1.38. The molecule has 3 heteroatoms. The Morgan fingerprint density at radius 2 is 1.65 bits per heavy atom. The summed E-state index contributed by atoms with van der Waals surface area (Å²) < 4.78 is 0. The molecule has 1 N–H and O–H groups in total. The van der Waals surface area contributed by atoms with Gasteiger partial charge in [0.25, 0.3) is 0 Å². The Morgan fingerprint density at radius 3 is 2.22 bits per heavy atom. The zero-order valence-corrected chi connectivity index (χ0v) is 15.4. The Labute approximate surface area is 141 Å². The Morgan fingerprint density at radius 1 is 1.04 bits per heavy atom. The van der Waals surface area contributed by atoms with E-state index < -0.39 is 5.97 Å². The number of allylic oxidation sites excluding steroid dienone is 3. The summed E-state index contributed by atoms with van der Waals surface area (Å²) >= 11 is 0. The lowest BCUT2D eigenvalue weighted by atomic mass is 9.93. The molecule has 0 heterocycles. The Kier molecular flexibility index (Phi) is 11.4. The summed E-state index contributed by atoms with van der Waals surface area (Å²) in [6.45, 7) is 11.9. The molecule has 0 aromatic heterocycles. The predicted molar refractivity (Wildman–Crippen MR) is 96.5 cm³/mol. The zero-order valence-electron chi connectivity index (χ0n) is 15.4. The van der Waals surface area contributed by atoms with E-state index in [1.54, 1.807) is 0 Å². The maximum Gasteiger partial charge on any atom is 0.303 e. The van der Waals surface area contributed by atoms with Crippen LogP contribution in [-0.4, -0.2) is 16.9 Å². The standard InChI is InChI=1S/C20H34O3/c1-15(2)12-13-19(21)18(5)11-7-9-16(3)8-6-10-17(4)14-20(22)23/h11,16-17H,1,6-10,12-14H2,2-5H3,(H,22,23)/b18-11-/t16-,17-/m0/s1. The molecule has 0 unspecified atom stereocenters. The van der Waals surface area contributed by atoms with Crippen LogP contribution in [-0.2, 0) is 9.59 Å². The zero-order chi connectivity index (χ0) is 17.8. The van der Waals surface area contributed by atoms with E-state index in [2.05, 4.69) is 19.6 Å². The van der Waals surface area contributed by atoms with Crippen LogP contribution in [0.15, 0.2) is 23.8 Å². The lowest BCUT2D eigenvalue weighted by Crippen LogP contribution is -2.05. The Balaban J connectivity index is 3.89. The van der Waals surface area contributed by atoms with Gasteiger partial charge in [-0.05, 0) is 50.5 Å². The second-order valence-electron chi connectivity index (χ2n) is 7.08. The maximum absolute atomic E-state index is 11.9. The van der Waals surface area contributed by atoms with Crippen molar-refractivity contribution in [1.82, 2.24) is 0 Å². The smallest absolute Gasteiger partial charge is 0.303 e. The highest BCUT2D eigenvalue weighted by Crippen LogP contribution is 2.19. The van der Waals surface area contributed by atoms with Crippen molar-refractivity contribution in [2.45, 2.75) is 79.1 Å². The third-order valence-corrected chi connectivity index (χ3v) is 4.25. The largest absolute Gasteiger partial charge is 0.481 e. The average Bonchev–Trinajstić information content (AvgIpc) is 2.43. The van der Waals surface area contributed by atoms with Gasteiger partial charge in [0.05, 0.1) is 0 Å². The molecular weight excluding hydrogens is 288 g/mol. The number of carbonyl (C=O) groups excluding carboxylic acids is 1. The van der Waals surface area contributed by atoms with Crippen LogP contribution >= 0.6 is 0 Å². The van der Waals surface area contributed by atoms with Crippen molar-refractivity contribution >= 4 is 11.8 Å². The third-order valence-electron chi connectivity index (χ3n) is 4.25. The molecule has 0 aliphatic heterocycles. The summed E-state index contributed by atoms with van der Waals surface area (Å²) in [4.78, 5) is 22.5. The fourth-order valence-electron chi connectivity index (χ4n) is 2.58. The Bertz CT molecular complexity index is 421. The van der Waals surface area contributed by atoms with Gasteiger partial charge in [0.15, 0.2) is 5.78 Å². The van der Waals surface area contributed by atoms with E-state index in [1.165, 1.54) is 0 Å². The summed E-state index contributed by atoms with van der Waals surface area (Å²) in [7, 11) is 0. The lowest BCUT2D eigenvalue weighted by Gasteiger charge is -2.12. The molecule has 0 aliphatic carbocycles. The van der Waals surface area contributed by atoms with Crippen molar-refractivity contribution in [1.29, 1.82) is 0 Å². The van der Waals surface area contributed by atoms with Crippen molar-refractivity contribution < 1.29 is 14.7 Å². The number of hydrogen-bond donors (Lipinski definition) is 1. The number of hydrogen-bond acceptors (Lipinski definition) is 2. The van der Waals surface area contributed by atoms with Gasteiger partial charge < -0.3 is 5.11 Å². The van der Waals surface area contributed by atoms with E-state index in [4.69, 9.17) is 5.11 Å².